The predicted molar refractivity (Wildman–Crippen MR) is 86.5 cm³/mol. The molecule has 2 nitrogen and oxygen atoms in total. The first-order valence-corrected chi connectivity index (χ1v) is 8.01. The van der Waals surface area contributed by atoms with Crippen molar-refractivity contribution in [2.45, 2.75) is 36.1 Å². The summed E-state index contributed by atoms with van der Waals surface area (Å²) in [6.45, 7) is 5.33. The number of pyridine rings is 1. The molecule has 4 heteroatoms. The topological polar surface area (TPSA) is 24.9 Å². The van der Waals surface area contributed by atoms with Crippen LogP contribution in [0.2, 0.25) is 5.02 Å². The number of rotatable bonds is 6. The summed E-state index contributed by atoms with van der Waals surface area (Å²) in [6, 6.07) is 12.4. The molecule has 0 aliphatic rings. The van der Waals surface area contributed by atoms with E-state index in [9.17, 15) is 0 Å². The number of halogens is 1. The van der Waals surface area contributed by atoms with Gasteiger partial charge in [0.25, 0.3) is 0 Å². The molecular formula is C16H19ClN2S. The molecule has 0 fully saturated rings. The molecule has 1 aromatic heterocycles. The smallest absolute Gasteiger partial charge is 0.0571 e. The highest BCUT2D eigenvalue weighted by molar-refractivity contribution is 7.99. The molecule has 2 aromatic rings. The fourth-order valence-electron chi connectivity index (χ4n) is 1.81. The van der Waals surface area contributed by atoms with Crippen molar-refractivity contribution in [3.63, 3.8) is 0 Å². The number of nitrogens with zero attached hydrogens (tertiary/aromatic N) is 1. The average molecular weight is 307 g/mol. The van der Waals surface area contributed by atoms with Gasteiger partial charge in [0.2, 0.25) is 0 Å². The summed E-state index contributed by atoms with van der Waals surface area (Å²) in [5, 5.41) is 4.20. The van der Waals surface area contributed by atoms with Crippen LogP contribution < -0.4 is 5.32 Å². The first kappa shape index (κ1) is 15.4. The standard InChI is InChI=1S/C16H19ClN2S/c1-3-10-18-12(2)16-9-8-15(11-19-16)20-14-6-4-13(17)5-7-14/h4-9,11-12,18H,3,10H2,1-2H3. The normalized spacial score (nSPS) is 12.3. The minimum atomic E-state index is 0.296. The lowest BCUT2D eigenvalue weighted by atomic mass is 10.2. The second-order valence-electron chi connectivity index (χ2n) is 4.65. The Morgan fingerprint density at radius 1 is 1.15 bits per heavy atom. The minimum Gasteiger partial charge on any atom is -0.309 e. The molecule has 0 saturated carbocycles. The molecule has 2 rings (SSSR count). The van der Waals surface area contributed by atoms with Crippen molar-refractivity contribution in [3.8, 4) is 0 Å². The summed E-state index contributed by atoms with van der Waals surface area (Å²) in [4.78, 5) is 6.84. The number of nitrogens with one attached hydrogen (secondary N) is 1. The molecule has 0 radical (unpaired) electrons. The zero-order chi connectivity index (χ0) is 14.4. The zero-order valence-electron chi connectivity index (χ0n) is 11.8. The van der Waals surface area contributed by atoms with Gasteiger partial charge < -0.3 is 5.32 Å². The summed E-state index contributed by atoms with van der Waals surface area (Å²) >= 11 is 7.58. The van der Waals surface area contributed by atoms with Crippen molar-refractivity contribution >= 4 is 23.4 Å². The van der Waals surface area contributed by atoms with Gasteiger partial charge in [0.05, 0.1) is 5.69 Å². The number of hydrogen-bond donors (Lipinski definition) is 1. The van der Waals surface area contributed by atoms with Crippen molar-refractivity contribution in [2.24, 2.45) is 0 Å². The van der Waals surface area contributed by atoms with Crippen LogP contribution in [0.1, 0.15) is 32.0 Å². The van der Waals surface area contributed by atoms with E-state index in [1.165, 1.54) is 4.90 Å². The Morgan fingerprint density at radius 2 is 1.85 bits per heavy atom. The molecule has 0 aliphatic carbocycles. The Hall–Kier alpha value is -1.03. The van der Waals surface area contributed by atoms with Crippen LogP contribution in [0, 0.1) is 0 Å². The third-order valence-electron chi connectivity index (χ3n) is 2.95. The molecule has 106 valence electrons. The van der Waals surface area contributed by atoms with Crippen LogP contribution in [0.3, 0.4) is 0 Å². The van der Waals surface area contributed by atoms with Crippen molar-refractivity contribution in [3.05, 3.63) is 53.3 Å². The molecule has 0 saturated heterocycles. The lowest BCUT2D eigenvalue weighted by Crippen LogP contribution is -2.20. The van der Waals surface area contributed by atoms with Crippen LogP contribution in [0.15, 0.2) is 52.4 Å². The molecule has 0 bridgehead atoms. The lowest BCUT2D eigenvalue weighted by Gasteiger charge is -2.12. The fourth-order valence-corrected chi connectivity index (χ4v) is 2.72. The van der Waals surface area contributed by atoms with Gasteiger partial charge in [-0.05, 0) is 56.3 Å². The Kier molecular flexibility index (Phi) is 5.89. The Labute approximate surface area is 130 Å². The molecule has 20 heavy (non-hydrogen) atoms. The second kappa shape index (κ2) is 7.67. The Bertz CT molecular complexity index is 525. The van der Waals surface area contributed by atoms with Crippen LogP contribution in [-0.2, 0) is 0 Å². The van der Waals surface area contributed by atoms with Crippen molar-refractivity contribution in [1.82, 2.24) is 10.3 Å². The van der Waals surface area contributed by atoms with Gasteiger partial charge >= 0.3 is 0 Å². The summed E-state index contributed by atoms with van der Waals surface area (Å²) in [5.74, 6) is 0. The molecule has 1 unspecified atom stereocenters. The zero-order valence-corrected chi connectivity index (χ0v) is 13.3. The van der Waals surface area contributed by atoms with Crippen molar-refractivity contribution in [2.75, 3.05) is 6.54 Å². The summed E-state index contributed by atoms with van der Waals surface area (Å²) in [5.41, 5.74) is 1.08. The quantitative estimate of drug-likeness (QED) is 0.817. The van der Waals surface area contributed by atoms with E-state index in [0.717, 1.165) is 28.6 Å². The van der Waals surface area contributed by atoms with Gasteiger partial charge in [0.15, 0.2) is 0 Å². The molecule has 1 atom stereocenters. The summed E-state index contributed by atoms with van der Waals surface area (Å²) in [7, 11) is 0. The second-order valence-corrected chi connectivity index (χ2v) is 6.23. The molecule has 1 N–H and O–H groups in total. The highest BCUT2D eigenvalue weighted by Crippen LogP contribution is 2.28. The Morgan fingerprint density at radius 3 is 2.45 bits per heavy atom. The van der Waals surface area contributed by atoms with Crippen LogP contribution >= 0.6 is 23.4 Å². The van der Waals surface area contributed by atoms with Gasteiger partial charge in [-0.3, -0.25) is 4.98 Å². The van der Waals surface area contributed by atoms with Crippen LogP contribution in [0.5, 0.6) is 0 Å². The predicted octanol–water partition coefficient (Wildman–Crippen LogP) is 4.95. The number of aromatic nitrogens is 1. The highest BCUT2D eigenvalue weighted by atomic mass is 35.5. The van der Waals surface area contributed by atoms with E-state index < -0.39 is 0 Å². The van der Waals surface area contributed by atoms with Gasteiger partial charge in [-0.2, -0.15) is 0 Å². The maximum absolute atomic E-state index is 5.88. The maximum atomic E-state index is 5.88. The van der Waals surface area contributed by atoms with Crippen LogP contribution in [-0.4, -0.2) is 11.5 Å². The number of benzene rings is 1. The van der Waals surface area contributed by atoms with E-state index in [1.807, 2.05) is 30.5 Å². The third-order valence-corrected chi connectivity index (χ3v) is 4.19. The third kappa shape index (κ3) is 4.51. The largest absolute Gasteiger partial charge is 0.309 e. The molecule has 0 aliphatic heterocycles. The van der Waals surface area contributed by atoms with E-state index in [0.29, 0.717) is 6.04 Å². The summed E-state index contributed by atoms with van der Waals surface area (Å²) in [6.07, 6.45) is 3.06. The highest BCUT2D eigenvalue weighted by Gasteiger charge is 2.06. The first-order chi connectivity index (χ1) is 9.69. The molecule has 1 aromatic carbocycles. The van der Waals surface area contributed by atoms with Crippen LogP contribution in [0.25, 0.3) is 0 Å². The van der Waals surface area contributed by atoms with E-state index in [4.69, 9.17) is 11.6 Å². The van der Waals surface area contributed by atoms with Gasteiger partial charge in [-0.1, -0.05) is 30.3 Å². The maximum Gasteiger partial charge on any atom is 0.0571 e. The van der Waals surface area contributed by atoms with Crippen LogP contribution in [0.4, 0.5) is 0 Å². The minimum absolute atomic E-state index is 0.296. The van der Waals surface area contributed by atoms with Gasteiger partial charge in [-0.15, -0.1) is 0 Å². The average Bonchev–Trinajstić information content (AvgIpc) is 2.48. The van der Waals surface area contributed by atoms with E-state index >= 15 is 0 Å². The SMILES string of the molecule is CCCNC(C)c1ccc(Sc2ccc(Cl)cc2)cn1. The first-order valence-electron chi connectivity index (χ1n) is 6.82. The van der Waals surface area contributed by atoms with Crippen molar-refractivity contribution in [1.29, 1.82) is 0 Å². The van der Waals surface area contributed by atoms with E-state index in [1.54, 1.807) is 11.8 Å². The molecular weight excluding hydrogens is 288 g/mol. The molecule has 0 spiro atoms. The molecule has 0 amide bonds. The fraction of sp³-hybridized carbons (Fsp3) is 0.312. The number of hydrogen-bond acceptors (Lipinski definition) is 3. The van der Waals surface area contributed by atoms with E-state index in [-0.39, 0.29) is 0 Å². The summed E-state index contributed by atoms with van der Waals surface area (Å²) < 4.78 is 0. The lowest BCUT2D eigenvalue weighted by molar-refractivity contribution is 0.558. The van der Waals surface area contributed by atoms with Crippen molar-refractivity contribution < 1.29 is 0 Å². The van der Waals surface area contributed by atoms with E-state index in [2.05, 4.69) is 36.3 Å². The van der Waals surface area contributed by atoms with Gasteiger partial charge in [-0.25, -0.2) is 0 Å². The monoisotopic (exact) mass is 306 g/mol. The van der Waals surface area contributed by atoms with Gasteiger partial charge in [0.1, 0.15) is 0 Å². The Balaban J connectivity index is 1.99. The van der Waals surface area contributed by atoms with Gasteiger partial charge in [0, 0.05) is 27.1 Å². The molecule has 1 heterocycles.